The van der Waals surface area contributed by atoms with Crippen molar-refractivity contribution in [2.45, 2.75) is 6.54 Å². The Hall–Kier alpha value is -4.92. The highest BCUT2D eigenvalue weighted by Crippen LogP contribution is 2.46. The number of aryl methyl sites for hydroxylation is 2. The number of hydrogen-bond donors (Lipinski definition) is 2. The first-order valence-corrected chi connectivity index (χ1v) is 11.4. The van der Waals surface area contributed by atoms with E-state index in [-0.39, 0.29) is 5.91 Å². The maximum atomic E-state index is 11.7. The molecule has 0 aliphatic carbocycles. The molecule has 178 valence electrons. The fourth-order valence-corrected chi connectivity index (χ4v) is 4.66. The molecule has 4 heterocycles. The molecule has 2 N–H and O–H groups in total. The zero-order valence-corrected chi connectivity index (χ0v) is 19.8. The quantitative estimate of drug-likeness (QED) is 0.350. The Bertz CT molecular complexity index is 1650. The van der Waals surface area contributed by atoms with Gasteiger partial charge in [-0.2, -0.15) is 0 Å². The van der Waals surface area contributed by atoms with Crippen LogP contribution in [0.15, 0.2) is 73.7 Å². The van der Waals surface area contributed by atoms with Gasteiger partial charge in [-0.15, -0.1) is 5.10 Å². The van der Waals surface area contributed by atoms with E-state index in [0.717, 1.165) is 44.8 Å². The number of carbonyl (C=O) groups is 1. The highest BCUT2D eigenvalue weighted by Gasteiger charge is 2.26. The molecule has 1 aliphatic heterocycles. The summed E-state index contributed by atoms with van der Waals surface area (Å²) >= 11 is 0. The molecular weight excluding hydrogens is 454 g/mol. The fraction of sp³-hybridized carbons (Fsp3) is 0.111. The molecule has 9 heteroatoms. The van der Waals surface area contributed by atoms with E-state index in [1.807, 2.05) is 62.8 Å². The van der Waals surface area contributed by atoms with E-state index in [0.29, 0.717) is 23.9 Å². The first-order valence-electron chi connectivity index (χ1n) is 11.4. The largest absolute Gasteiger partial charge is 0.438 e. The third kappa shape index (κ3) is 3.58. The molecule has 0 atom stereocenters. The molecule has 6 rings (SSSR count). The van der Waals surface area contributed by atoms with Gasteiger partial charge < -0.3 is 19.9 Å². The molecule has 0 bridgehead atoms. The average Bonchev–Trinajstić information content (AvgIpc) is 3.38. The topological polar surface area (TPSA) is 98.9 Å². The van der Waals surface area contributed by atoms with Gasteiger partial charge in [-0.1, -0.05) is 24.8 Å². The van der Waals surface area contributed by atoms with Crippen molar-refractivity contribution >= 4 is 28.4 Å². The summed E-state index contributed by atoms with van der Waals surface area (Å²) in [6.45, 7) is 4.10. The molecule has 0 saturated carbocycles. The summed E-state index contributed by atoms with van der Waals surface area (Å²) in [4.78, 5) is 20.8. The Labute approximate surface area is 207 Å². The summed E-state index contributed by atoms with van der Waals surface area (Å²) in [5.74, 6) is 1.79. The maximum absolute atomic E-state index is 11.7. The van der Waals surface area contributed by atoms with Crippen molar-refractivity contribution in [3.63, 3.8) is 0 Å². The first kappa shape index (κ1) is 21.6. The highest BCUT2D eigenvalue weighted by atomic mass is 16.5. The summed E-state index contributed by atoms with van der Waals surface area (Å²) in [5.41, 5.74) is 6.75. The van der Waals surface area contributed by atoms with E-state index in [1.165, 1.54) is 6.08 Å². The van der Waals surface area contributed by atoms with Crippen LogP contribution in [-0.4, -0.2) is 30.2 Å². The minimum Gasteiger partial charge on any atom is -0.438 e. The van der Waals surface area contributed by atoms with E-state index < -0.39 is 0 Å². The van der Waals surface area contributed by atoms with Crippen LogP contribution >= 0.6 is 0 Å². The molecule has 0 spiro atoms. The van der Waals surface area contributed by atoms with Gasteiger partial charge in [-0.25, -0.2) is 9.97 Å². The van der Waals surface area contributed by atoms with Gasteiger partial charge in [-0.3, -0.25) is 9.48 Å². The van der Waals surface area contributed by atoms with Gasteiger partial charge in [0, 0.05) is 44.2 Å². The molecule has 0 unspecified atom stereocenters. The SMILES string of the molecule is C=CC(=O)Nc1ccc(-c2c3c4c(ncnc4n2C)NCc2cc(Oc4ccn(C)n4)ccc2-3)cc1. The third-order valence-corrected chi connectivity index (χ3v) is 6.28. The second-order valence-corrected chi connectivity index (χ2v) is 8.58. The Kier molecular flexibility index (Phi) is 5.03. The number of nitrogens with one attached hydrogen (secondary N) is 2. The number of hydrogen-bond acceptors (Lipinski definition) is 6. The number of benzene rings is 2. The van der Waals surface area contributed by atoms with E-state index in [1.54, 1.807) is 11.0 Å². The Morgan fingerprint density at radius 2 is 1.97 bits per heavy atom. The zero-order valence-electron chi connectivity index (χ0n) is 19.8. The molecule has 36 heavy (non-hydrogen) atoms. The van der Waals surface area contributed by atoms with Gasteiger partial charge in [0.1, 0.15) is 23.5 Å². The lowest BCUT2D eigenvalue weighted by molar-refractivity contribution is -0.111. The summed E-state index contributed by atoms with van der Waals surface area (Å²) in [6, 6.07) is 15.6. The van der Waals surface area contributed by atoms with E-state index in [2.05, 4.69) is 42.9 Å². The van der Waals surface area contributed by atoms with E-state index in [4.69, 9.17) is 4.74 Å². The van der Waals surface area contributed by atoms with Crippen LogP contribution in [-0.2, 0) is 25.4 Å². The smallest absolute Gasteiger partial charge is 0.247 e. The number of ether oxygens (including phenoxy) is 1. The number of nitrogens with zero attached hydrogens (tertiary/aromatic N) is 5. The lowest BCUT2D eigenvalue weighted by Gasteiger charge is -2.13. The number of aromatic nitrogens is 5. The lowest BCUT2D eigenvalue weighted by atomic mass is 9.95. The van der Waals surface area contributed by atoms with Crippen molar-refractivity contribution in [3.8, 4) is 34.0 Å². The fourth-order valence-electron chi connectivity index (χ4n) is 4.66. The minimum absolute atomic E-state index is 0.248. The van der Waals surface area contributed by atoms with Crippen molar-refractivity contribution < 1.29 is 9.53 Å². The zero-order chi connectivity index (χ0) is 24.8. The molecular formula is C27H23N7O2. The van der Waals surface area contributed by atoms with Crippen LogP contribution in [0, 0.1) is 0 Å². The molecule has 5 aromatic rings. The minimum atomic E-state index is -0.248. The Morgan fingerprint density at radius 3 is 2.72 bits per heavy atom. The summed E-state index contributed by atoms with van der Waals surface area (Å²) in [6.07, 6.45) is 4.68. The number of fused-ring (bicyclic) bond motifs is 2. The molecule has 2 aromatic carbocycles. The predicted octanol–water partition coefficient (Wildman–Crippen LogP) is 4.88. The van der Waals surface area contributed by atoms with Gasteiger partial charge >= 0.3 is 0 Å². The molecule has 3 aromatic heterocycles. The maximum Gasteiger partial charge on any atom is 0.247 e. The Balaban J connectivity index is 1.49. The Morgan fingerprint density at radius 1 is 1.14 bits per heavy atom. The molecule has 0 radical (unpaired) electrons. The average molecular weight is 478 g/mol. The van der Waals surface area contributed by atoms with Crippen LogP contribution in [0.5, 0.6) is 11.6 Å². The molecule has 1 aliphatic rings. The second-order valence-electron chi connectivity index (χ2n) is 8.58. The molecule has 9 nitrogen and oxygen atoms in total. The third-order valence-electron chi connectivity index (χ3n) is 6.28. The van der Waals surface area contributed by atoms with Crippen LogP contribution in [0.2, 0.25) is 0 Å². The molecule has 0 fully saturated rings. The van der Waals surface area contributed by atoms with Crippen LogP contribution in [0.4, 0.5) is 11.5 Å². The summed E-state index contributed by atoms with van der Waals surface area (Å²) in [5, 5.41) is 11.6. The number of rotatable bonds is 5. The predicted molar refractivity (Wildman–Crippen MR) is 139 cm³/mol. The van der Waals surface area contributed by atoms with Crippen molar-refractivity contribution in [2.75, 3.05) is 10.6 Å². The van der Waals surface area contributed by atoms with Gasteiger partial charge in [0.15, 0.2) is 0 Å². The first-order chi connectivity index (χ1) is 17.5. The van der Waals surface area contributed by atoms with Crippen molar-refractivity contribution in [3.05, 3.63) is 79.3 Å². The molecule has 1 amide bonds. The summed E-state index contributed by atoms with van der Waals surface area (Å²) < 4.78 is 9.79. The normalized spacial score (nSPS) is 11.9. The van der Waals surface area contributed by atoms with E-state index in [9.17, 15) is 4.79 Å². The summed E-state index contributed by atoms with van der Waals surface area (Å²) in [7, 11) is 3.86. The number of carbonyl (C=O) groups excluding carboxylic acids is 1. The van der Waals surface area contributed by atoms with Crippen molar-refractivity contribution in [1.82, 2.24) is 24.3 Å². The van der Waals surface area contributed by atoms with Crippen molar-refractivity contribution in [1.29, 1.82) is 0 Å². The highest BCUT2D eigenvalue weighted by molar-refractivity contribution is 6.09. The van der Waals surface area contributed by atoms with Gasteiger partial charge in [0.2, 0.25) is 11.8 Å². The van der Waals surface area contributed by atoms with Crippen LogP contribution < -0.4 is 15.4 Å². The van der Waals surface area contributed by atoms with E-state index >= 15 is 0 Å². The second kappa shape index (κ2) is 8.38. The van der Waals surface area contributed by atoms with Crippen LogP contribution in [0.1, 0.15) is 5.56 Å². The van der Waals surface area contributed by atoms with Crippen molar-refractivity contribution in [2.24, 2.45) is 14.1 Å². The monoisotopic (exact) mass is 477 g/mol. The lowest BCUT2D eigenvalue weighted by Crippen LogP contribution is -2.07. The standard InChI is InChI=1S/C27H23N7O2/c1-4-21(35)31-18-7-5-16(6-8-18)25-23-20-10-9-19(36-22-11-12-33(2)32-22)13-17(20)14-28-26-24(23)27(34(25)3)30-15-29-26/h4-13,15H,1,14H2,2-3H3,(H,31,35)(H,28,29,30). The van der Waals surface area contributed by atoms with Crippen LogP contribution in [0.25, 0.3) is 33.4 Å². The van der Waals surface area contributed by atoms with Gasteiger partial charge in [-0.05, 0) is 47.0 Å². The molecule has 0 saturated heterocycles. The van der Waals surface area contributed by atoms with Gasteiger partial charge in [0.05, 0.1) is 11.1 Å². The number of anilines is 2. The number of amides is 1. The van der Waals surface area contributed by atoms with Crippen LogP contribution in [0.3, 0.4) is 0 Å². The van der Waals surface area contributed by atoms with Gasteiger partial charge in [0.25, 0.3) is 0 Å².